The van der Waals surface area contributed by atoms with Gasteiger partial charge in [-0.05, 0) is 18.9 Å². The fourth-order valence-electron chi connectivity index (χ4n) is 1.73. The summed E-state index contributed by atoms with van der Waals surface area (Å²) < 4.78 is 0. The molecule has 1 N–H and O–H groups in total. The molecular weight excluding hydrogens is 166 g/mol. The zero-order valence-corrected chi connectivity index (χ0v) is 7.86. The molecule has 0 saturated carbocycles. The van der Waals surface area contributed by atoms with Crippen molar-refractivity contribution in [3.05, 3.63) is 0 Å². The monoisotopic (exact) mass is 181 g/mol. The number of hydrogen-bond acceptors (Lipinski definition) is 2. The number of rotatable bonds is 2. The first-order valence-electron chi connectivity index (χ1n) is 4.53. The smallest absolute Gasteiger partial charge is 0.308 e. The topological polar surface area (TPSA) is 40.5 Å². The Labute approximate surface area is 78.7 Å². The van der Waals surface area contributed by atoms with E-state index in [0.717, 1.165) is 13.0 Å². The van der Waals surface area contributed by atoms with Crippen LogP contribution in [0.1, 0.15) is 13.3 Å². The van der Waals surface area contributed by atoms with Gasteiger partial charge in [0, 0.05) is 6.54 Å². The Hall–Kier alpha value is -1.01. The Morgan fingerprint density at radius 1 is 1.77 bits per heavy atom. The molecule has 1 heterocycles. The Balaban J connectivity index is 2.53. The molecule has 0 aromatic heterocycles. The molecule has 0 spiro atoms. The lowest BCUT2D eigenvalue weighted by atomic mass is 9.87. The third-order valence-electron chi connectivity index (χ3n) is 2.67. The van der Waals surface area contributed by atoms with Crippen molar-refractivity contribution in [1.82, 2.24) is 4.90 Å². The van der Waals surface area contributed by atoms with Crippen LogP contribution in [0.25, 0.3) is 0 Å². The number of carboxylic acids is 1. The zero-order chi connectivity index (χ0) is 9.84. The SMILES string of the molecule is C#CCN1CCC(C)C(C(=O)O)C1. The predicted octanol–water partition coefficient (Wildman–Crippen LogP) is 0.662. The van der Waals surface area contributed by atoms with Gasteiger partial charge in [0.15, 0.2) is 0 Å². The molecular formula is C10H15NO2. The van der Waals surface area contributed by atoms with Crippen LogP contribution in [0.3, 0.4) is 0 Å². The molecule has 13 heavy (non-hydrogen) atoms. The highest BCUT2D eigenvalue weighted by Gasteiger charge is 2.30. The molecule has 1 aliphatic heterocycles. The van der Waals surface area contributed by atoms with Crippen molar-refractivity contribution in [1.29, 1.82) is 0 Å². The lowest BCUT2D eigenvalue weighted by Crippen LogP contribution is -2.43. The molecule has 72 valence electrons. The summed E-state index contributed by atoms with van der Waals surface area (Å²) in [5.41, 5.74) is 0. The third kappa shape index (κ3) is 2.46. The summed E-state index contributed by atoms with van der Waals surface area (Å²) in [5.74, 6) is 1.87. The van der Waals surface area contributed by atoms with E-state index in [1.807, 2.05) is 11.8 Å². The van der Waals surface area contributed by atoms with Crippen LogP contribution in [-0.4, -0.2) is 35.6 Å². The fourth-order valence-corrected chi connectivity index (χ4v) is 1.73. The summed E-state index contributed by atoms with van der Waals surface area (Å²) in [4.78, 5) is 12.9. The summed E-state index contributed by atoms with van der Waals surface area (Å²) in [6.45, 7) is 4.08. The minimum Gasteiger partial charge on any atom is -0.481 e. The van der Waals surface area contributed by atoms with Gasteiger partial charge >= 0.3 is 5.97 Å². The van der Waals surface area contributed by atoms with E-state index in [0.29, 0.717) is 13.1 Å². The van der Waals surface area contributed by atoms with Gasteiger partial charge in [-0.15, -0.1) is 6.42 Å². The maximum atomic E-state index is 10.8. The van der Waals surface area contributed by atoms with Crippen LogP contribution in [-0.2, 0) is 4.79 Å². The lowest BCUT2D eigenvalue weighted by molar-refractivity contribution is -0.145. The van der Waals surface area contributed by atoms with E-state index in [1.54, 1.807) is 0 Å². The van der Waals surface area contributed by atoms with Crippen LogP contribution in [0.2, 0.25) is 0 Å². The van der Waals surface area contributed by atoms with Crippen LogP contribution in [0.15, 0.2) is 0 Å². The Kier molecular flexibility index (Phi) is 3.32. The van der Waals surface area contributed by atoms with Crippen molar-refractivity contribution >= 4 is 5.97 Å². The van der Waals surface area contributed by atoms with Gasteiger partial charge in [0.2, 0.25) is 0 Å². The van der Waals surface area contributed by atoms with E-state index in [-0.39, 0.29) is 11.8 Å². The normalized spacial score (nSPS) is 29.5. The van der Waals surface area contributed by atoms with Gasteiger partial charge in [-0.3, -0.25) is 9.69 Å². The van der Waals surface area contributed by atoms with Crippen LogP contribution in [0.5, 0.6) is 0 Å². The van der Waals surface area contributed by atoms with E-state index in [9.17, 15) is 4.79 Å². The van der Waals surface area contributed by atoms with Crippen molar-refractivity contribution in [2.75, 3.05) is 19.6 Å². The number of carbonyl (C=O) groups is 1. The summed E-state index contributed by atoms with van der Waals surface area (Å²) in [6, 6.07) is 0. The predicted molar refractivity (Wildman–Crippen MR) is 50.2 cm³/mol. The van der Waals surface area contributed by atoms with Crippen LogP contribution in [0, 0.1) is 24.2 Å². The van der Waals surface area contributed by atoms with Crippen molar-refractivity contribution in [3.63, 3.8) is 0 Å². The fraction of sp³-hybridized carbons (Fsp3) is 0.700. The van der Waals surface area contributed by atoms with E-state index >= 15 is 0 Å². The molecule has 0 radical (unpaired) electrons. The van der Waals surface area contributed by atoms with Gasteiger partial charge in [0.25, 0.3) is 0 Å². The molecule has 3 nitrogen and oxygen atoms in total. The summed E-state index contributed by atoms with van der Waals surface area (Å²) in [6.07, 6.45) is 6.11. The minimum atomic E-state index is -0.700. The number of hydrogen-bond donors (Lipinski definition) is 1. The van der Waals surface area contributed by atoms with E-state index in [4.69, 9.17) is 11.5 Å². The second-order valence-electron chi connectivity index (χ2n) is 3.65. The Morgan fingerprint density at radius 2 is 2.46 bits per heavy atom. The van der Waals surface area contributed by atoms with Crippen LogP contribution in [0.4, 0.5) is 0 Å². The highest BCUT2D eigenvalue weighted by molar-refractivity contribution is 5.70. The molecule has 3 heteroatoms. The molecule has 1 aliphatic rings. The zero-order valence-electron chi connectivity index (χ0n) is 7.86. The lowest BCUT2D eigenvalue weighted by Gasteiger charge is -2.33. The molecule has 1 saturated heterocycles. The number of carboxylic acid groups (broad SMARTS) is 1. The number of aliphatic carboxylic acids is 1. The summed E-state index contributed by atoms with van der Waals surface area (Å²) >= 11 is 0. The first-order valence-corrected chi connectivity index (χ1v) is 4.53. The average molecular weight is 181 g/mol. The van der Waals surface area contributed by atoms with E-state index < -0.39 is 5.97 Å². The molecule has 1 fully saturated rings. The van der Waals surface area contributed by atoms with E-state index in [1.165, 1.54) is 0 Å². The van der Waals surface area contributed by atoms with E-state index in [2.05, 4.69) is 5.92 Å². The molecule has 0 amide bonds. The molecule has 0 aromatic rings. The van der Waals surface area contributed by atoms with Crippen LogP contribution >= 0.6 is 0 Å². The second-order valence-corrected chi connectivity index (χ2v) is 3.65. The number of nitrogens with zero attached hydrogens (tertiary/aromatic N) is 1. The molecule has 0 aromatic carbocycles. The van der Waals surface area contributed by atoms with Gasteiger partial charge in [-0.1, -0.05) is 12.8 Å². The molecule has 2 unspecified atom stereocenters. The summed E-state index contributed by atoms with van der Waals surface area (Å²) in [5, 5.41) is 8.92. The van der Waals surface area contributed by atoms with Crippen LogP contribution < -0.4 is 0 Å². The van der Waals surface area contributed by atoms with Gasteiger partial charge in [-0.25, -0.2) is 0 Å². The van der Waals surface area contributed by atoms with Crippen molar-refractivity contribution in [2.24, 2.45) is 11.8 Å². The quantitative estimate of drug-likeness (QED) is 0.636. The first-order chi connectivity index (χ1) is 6.15. The molecule has 0 aliphatic carbocycles. The first kappa shape index (κ1) is 10.1. The van der Waals surface area contributed by atoms with Crippen molar-refractivity contribution < 1.29 is 9.90 Å². The minimum absolute atomic E-state index is 0.248. The highest BCUT2D eigenvalue weighted by atomic mass is 16.4. The Morgan fingerprint density at radius 3 is 3.00 bits per heavy atom. The molecule has 1 rings (SSSR count). The Bertz CT molecular complexity index is 232. The molecule has 2 atom stereocenters. The number of likely N-dealkylation sites (tertiary alicyclic amines) is 1. The van der Waals surface area contributed by atoms with Gasteiger partial charge in [-0.2, -0.15) is 0 Å². The molecule has 0 bridgehead atoms. The van der Waals surface area contributed by atoms with Gasteiger partial charge < -0.3 is 5.11 Å². The number of piperidine rings is 1. The van der Waals surface area contributed by atoms with Gasteiger partial charge in [0.1, 0.15) is 0 Å². The highest BCUT2D eigenvalue weighted by Crippen LogP contribution is 2.22. The maximum Gasteiger partial charge on any atom is 0.308 e. The maximum absolute atomic E-state index is 10.8. The largest absolute Gasteiger partial charge is 0.481 e. The average Bonchev–Trinajstić information content (AvgIpc) is 2.08. The standard InChI is InChI=1S/C10H15NO2/c1-3-5-11-6-4-8(2)9(7-11)10(12)13/h1,8-9H,4-7H2,2H3,(H,12,13). The number of terminal acetylenes is 1. The van der Waals surface area contributed by atoms with Crippen molar-refractivity contribution in [2.45, 2.75) is 13.3 Å². The second kappa shape index (κ2) is 4.29. The summed E-state index contributed by atoms with van der Waals surface area (Å²) in [7, 11) is 0. The van der Waals surface area contributed by atoms with Gasteiger partial charge in [0.05, 0.1) is 12.5 Å². The third-order valence-corrected chi connectivity index (χ3v) is 2.67. The van der Waals surface area contributed by atoms with Crippen molar-refractivity contribution in [3.8, 4) is 12.3 Å².